The van der Waals surface area contributed by atoms with Crippen LogP contribution in [-0.4, -0.2) is 24.0 Å². The molecule has 0 heterocycles. The Kier molecular flexibility index (Phi) is 6.65. The number of nitro groups is 1. The zero-order chi connectivity index (χ0) is 15.8. The van der Waals surface area contributed by atoms with Crippen LogP contribution in [0.1, 0.15) is 49.9 Å². The van der Waals surface area contributed by atoms with Crippen LogP contribution in [0.3, 0.4) is 0 Å². The van der Waals surface area contributed by atoms with E-state index in [0.717, 1.165) is 25.7 Å². The quantitative estimate of drug-likeness (QED) is 0.341. The number of methoxy groups -OCH3 is 1. The second-order valence-electron chi connectivity index (χ2n) is 5.02. The molecular weight excluding hydrogens is 272 g/mol. The highest BCUT2D eigenvalue weighted by Gasteiger charge is 2.18. The van der Waals surface area contributed by atoms with Gasteiger partial charge in [-0.15, -0.1) is 0 Å². The second kappa shape index (κ2) is 8.24. The monoisotopic (exact) mass is 294 g/mol. The Morgan fingerprint density at radius 2 is 2.14 bits per heavy atom. The van der Waals surface area contributed by atoms with E-state index in [9.17, 15) is 14.9 Å². The van der Waals surface area contributed by atoms with Gasteiger partial charge >= 0.3 is 5.97 Å². The van der Waals surface area contributed by atoms with Crippen LogP contribution in [0.25, 0.3) is 0 Å². The lowest BCUT2D eigenvalue weighted by Gasteiger charge is -2.15. The van der Waals surface area contributed by atoms with E-state index in [2.05, 4.69) is 17.0 Å². The predicted octanol–water partition coefficient (Wildman–Crippen LogP) is 3.76. The van der Waals surface area contributed by atoms with Gasteiger partial charge in [0.05, 0.1) is 17.6 Å². The van der Waals surface area contributed by atoms with E-state index in [4.69, 9.17) is 0 Å². The smallest absolute Gasteiger partial charge is 0.337 e. The van der Waals surface area contributed by atoms with Gasteiger partial charge in [-0.05, 0) is 25.5 Å². The molecule has 0 aliphatic heterocycles. The number of nitrogens with zero attached hydrogens (tertiary/aromatic N) is 1. The van der Waals surface area contributed by atoms with Crippen LogP contribution in [0.4, 0.5) is 11.4 Å². The van der Waals surface area contributed by atoms with E-state index < -0.39 is 10.9 Å². The standard InChI is InChI=1S/C15H22N2O4/c1-4-5-6-7-11(2)16-13-10-12(15(18)21-3)8-9-14(13)17(19)20/h8-11,16H,4-7H2,1-3H3. The highest BCUT2D eigenvalue weighted by Crippen LogP contribution is 2.27. The van der Waals surface area contributed by atoms with E-state index in [1.54, 1.807) is 0 Å². The lowest BCUT2D eigenvalue weighted by atomic mass is 10.1. The number of rotatable bonds is 8. The Morgan fingerprint density at radius 3 is 2.71 bits per heavy atom. The first-order chi connectivity index (χ1) is 9.99. The number of nitro benzene ring substituents is 1. The molecule has 0 aromatic heterocycles. The molecule has 0 spiro atoms. The van der Waals surface area contributed by atoms with E-state index in [-0.39, 0.29) is 11.7 Å². The van der Waals surface area contributed by atoms with Crippen molar-refractivity contribution in [3.05, 3.63) is 33.9 Å². The number of hydrogen-bond acceptors (Lipinski definition) is 5. The normalized spacial score (nSPS) is 11.8. The van der Waals surface area contributed by atoms with Crippen molar-refractivity contribution in [2.24, 2.45) is 0 Å². The highest BCUT2D eigenvalue weighted by molar-refractivity contribution is 5.91. The van der Waals surface area contributed by atoms with Gasteiger partial charge in [0.15, 0.2) is 0 Å². The maximum Gasteiger partial charge on any atom is 0.337 e. The van der Waals surface area contributed by atoms with Crippen molar-refractivity contribution < 1.29 is 14.5 Å². The Labute approximate surface area is 124 Å². The molecule has 116 valence electrons. The molecule has 1 rings (SSSR count). The minimum Gasteiger partial charge on any atom is -0.465 e. The first-order valence-corrected chi connectivity index (χ1v) is 7.12. The first-order valence-electron chi connectivity index (χ1n) is 7.12. The molecule has 0 amide bonds. The number of esters is 1. The number of nitrogens with one attached hydrogen (secondary N) is 1. The van der Waals surface area contributed by atoms with Crippen LogP contribution in [0.2, 0.25) is 0 Å². The number of carbonyl (C=O) groups excluding carboxylic acids is 1. The van der Waals surface area contributed by atoms with Crippen LogP contribution in [-0.2, 0) is 4.74 Å². The molecule has 0 aliphatic rings. The Balaban J connectivity index is 2.90. The minimum absolute atomic E-state index is 0.0370. The van der Waals surface area contributed by atoms with Crippen molar-refractivity contribution >= 4 is 17.3 Å². The summed E-state index contributed by atoms with van der Waals surface area (Å²) in [5.41, 5.74) is 0.614. The fourth-order valence-electron chi connectivity index (χ4n) is 2.09. The predicted molar refractivity (Wildman–Crippen MR) is 81.7 cm³/mol. The van der Waals surface area contributed by atoms with Crippen LogP contribution < -0.4 is 5.32 Å². The fraction of sp³-hybridized carbons (Fsp3) is 0.533. The summed E-state index contributed by atoms with van der Waals surface area (Å²) in [5.74, 6) is -0.508. The first kappa shape index (κ1) is 16.9. The number of ether oxygens (including phenoxy) is 1. The summed E-state index contributed by atoms with van der Waals surface area (Å²) in [5, 5.41) is 14.2. The van der Waals surface area contributed by atoms with Crippen LogP contribution in [0.15, 0.2) is 18.2 Å². The SMILES string of the molecule is CCCCCC(C)Nc1cc(C(=O)OC)ccc1[N+](=O)[O-]. The molecule has 1 atom stereocenters. The number of unbranched alkanes of at least 4 members (excludes halogenated alkanes) is 2. The molecular formula is C15H22N2O4. The zero-order valence-electron chi connectivity index (χ0n) is 12.7. The molecule has 21 heavy (non-hydrogen) atoms. The Hall–Kier alpha value is -2.11. The van der Waals surface area contributed by atoms with E-state index in [1.165, 1.54) is 25.3 Å². The molecule has 0 saturated carbocycles. The summed E-state index contributed by atoms with van der Waals surface area (Å²) in [6.45, 7) is 4.10. The Morgan fingerprint density at radius 1 is 1.43 bits per heavy atom. The fourth-order valence-corrected chi connectivity index (χ4v) is 2.09. The zero-order valence-corrected chi connectivity index (χ0v) is 12.7. The van der Waals surface area contributed by atoms with Gasteiger partial charge in [-0.3, -0.25) is 10.1 Å². The van der Waals surface area contributed by atoms with Gasteiger partial charge in [-0.1, -0.05) is 26.2 Å². The summed E-state index contributed by atoms with van der Waals surface area (Å²) in [4.78, 5) is 22.1. The third-order valence-corrected chi connectivity index (χ3v) is 3.26. The molecule has 0 bridgehead atoms. The van der Waals surface area contributed by atoms with Crippen molar-refractivity contribution in [3.8, 4) is 0 Å². The van der Waals surface area contributed by atoms with E-state index in [1.807, 2.05) is 6.92 Å². The summed E-state index contributed by atoms with van der Waals surface area (Å²) in [6.07, 6.45) is 4.25. The van der Waals surface area contributed by atoms with Crippen LogP contribution >= 0.6 is 0 Å². The number of hydrogen-bond donors (Lipinski definition) is 1. The average Bonchev–Trinajstić information content (AvgIpc) is 2.46. The summed E-state index contributed by atoms with van der Waals surface area (Å²) in [7, 11) is 1.28. The minimum atomic E-state index is -0.508. The molecule has 0 saturated heterocycles. The topological polar surface area (TPSA) is 81.5 Å². The van der Waals surface area contributed by atoms with Gasteiger partial charge in [-0.2, -0.15) is 0 Å². The maximum atomic E-state index is 11.5. The number of anilines is 1. The largest absolute Gasteiger partial charge is 0.465 e. The number of benzene rings is 1. The summed E-state index contributed by atoms with van der Waals surface area (Å²) in [6, 6.07) is 4.30. The molecule has 1 aromatic carbocycles. The van der Waals surface area contributed by atoms with Crippen LogP contribution in [0.5, 0.6) is 0 Å². The van der Waals surface area contributed by atoms with Gasteiger partial charge in [0, 0.05) is 12.1 Å². The second-order valence-corrected chi connectivity index (χ2v) is 5.02. The van der Waals surface area contributed by atoms with Gasteiger partial charge < -0.3 is 10.1 Å². The van der Waals surface area contributed by atoms with Crippen LogP contribution in [0, 0.1) is 10.1 Å². The van der Waals surface area contributed by atoms with Gasteiger partial charge in [0.1, 0.15) is 5.69 Å². The van der Waals surface area contributed by atoms with E-state index in [0.29, 0.717) is 11.3 Å². The molecule has 1 N–H and O–H groups in total. The van der Waals surface area contributed by atoms with Crippen molar-refractivity contribution in [1.82, 2.24) is 0 Å². The maximum absolute atomic E-state index is 11.5. The molecule has 1 aromatic rings. The highest BCUT2D eigenvalue weighted by atomic mass is 16.6. The number of carbonyl (C=O) groups is 1. The van der Waals surface area contributed by atoms with Crippen molar-refractivity contribution in [2.75, 3.05) is 12.4 Å². The van der Waals surface area contributed by atoms with E-state index >= 15 is 0 Å². The third-order valence-electron chi connectivity index (χ3n) is 3.26. The van der Waals surface area contributed by atoms with Crippen molar-refractivity contribution in [2.45, 2.75) is 45.6 Å². The molecule has 1 unspecified atom stereocenters. The third kappa shape index (κ3) is 5.06. The molecule has 6 nitrogen and oxygen atoms in total. The van der Waals surface area contributed by atoms with Gasteiger partial charge in [0.2, 0.25) is 0 Å². The average molecular weight is 294 g/mol. The molecule has 0 aliphatic carbocycles. The Bertz CT molecular complexity index is 502. The van der Waals surface area contributed by atoms with Crippen molar-refractivity contribution in [1.29, 1.82) is 0 Å². The lowest BCUT2D eigenvalue weighted by Crippen LogP contribution is -2.16. The van der Waals surface area contributed by atoms with Gasteiger partial charge in [-0.25, -0.2) is 4.79 Å². The van der Waals surface area contributed by atoms with Crippen molar-refractivity contribution in [3.63, 3.8) is 0 Å². The summed E-state index contributed by atoms with van der Waals surface area (Å²) >= 11 is 0. The molecule has 0 fully saturated rings. The molecule has 6 heteroatoms. The van der Waals surface area contributed by atoms with Gasteiger partial charge in [0.25, 0.3) is 5.69 Å². The summed E-state index contributed by atoms with van der Waals surface area (Å²) < 4.78 is 4.64. The molecule has 0 radical (unpaired) electrons. The lowest BCUT2D eigenvalue weighted by molar-refractivity contribution is -0.384.